The summed E-state index contributed by atoms with van der Waals surface area (Å²) in [4.78, 5) is 19.7. The minimum Gasteiger partial charge on any atom is -0.493 e. The van der Waals surface area contributed by atoms with E-state index >= 15 is 0 Å². The predicted octanol–water partition coefficient (Wildman–Crippen LogP) is 3.35. The highest BCUT2D eigenvalue weighted by molar-refractivity contribution is 7.18. The Morgan fingerprint density at radius 2 is 1.88 bits per heavy atom. The maximum atomic E-state index is 13.1. The number of aryl methyl sites for hydroxylation is 1. The molecule has 2 aromatic heterocycles. The molecule has 0 atom stereocenters. The zero-order valence-electron chi connectivity index (χ0n) is 15.4. The highest BCUT2D eigenvalue weighted by Crippen LogP contribution is 2.32. The summed E-state index contributed by atoms with van der Waals surface area (Å²) in [6.07, 6.45) is 0.879. The molecule has 0 aliphatic heterocycles. The number of fused-ring (bicyclic) bond motifs is 1. The van der Waals surface area contributed by atoms with Gasteiger partial charge in [0.25, 0.3) is 5.56 Å². The fourth-order valence-corrected chi connectivity index (χ4v) is 3.78. The lowest BCUT2D eigenvalue weighted by molar-refractivity contribution is 0.186. The second kappa shape index (κ2) is 7.88. The number of benzene rings is 1. The Morgan fingerprint density at radius 3 is 2.54 bits per heavy atom. The smallest absolute Gasteiger partial charge is 0.262 e. The number of hydrogen-bond donors (Lipinski definition) is 0. The average Bonchev–Trinajstić information content (AvgIpc) is 3.10. The van der Waals surface area contributed by atoms with Crippen LogP contribution in [-0.4, -0.2) is 37.5 Å². The number of methoxy groups -OCH3 is 3. The van der Waals surface area contributed by atoms with Crippen LogP contribution in [0.5, 0.6) is 11.5 Å². The lowest BCUT2D eigenvalue weighted by Crippen LogP contribution is -2.24. The van der Waals surface area contributed by atoms with E-state index in [0.29, 0.717) is 35.9 Å². The normalized spacial score (nSPS) is 11.1. The van der Waals surface area contributed by atoms with E-state index in [9.17, 15) is 4.79 Å². The SMILES string of the molecule is CCc1cc2c(=O)n(CCOC)c(-c3ccc(OC)c(OC)c3)nc2s1. The molecule has 0 aliphatic carbocycles. The van der Waals surface area contributed by atoms with Gasteiger partial charge in [-0.25, -0.2) is 4.98 Å². The third-order valence-corrected chi connectivity index (χ3v) is 5.38. The molecule has 0 amide bonds. The molecule has 1 aromatic carbocycles. The third-order valence-electron chi connectivity index (χ3n) is 4.21. The first-order valence-electron chi connectivity index (χ1n) is 8.37. The fraction of sp³-hybridized carbons (Fsp3) is 0.368. The Kier molecular flexibility index (Phi) is 5.58. The van der Waals surface area contributed by atoms with Gasteiger partial charge in [-0.1, -0.05) is 6.92 Å². The molecule has 0 saturated carbocycles. The second-order valence-electron chi connectivity index (χ2n) is 5.74. The minimum absolute atomic E-state index is 0.0483. The van der Waals surface area contributed by atoms with E-state index in [0.717, 1.165) is 21.7 Å². The van der Waals surface area contributed by atoms with Crippen molar-refractivity contribution in [2.75, 3.05) is 27.9 Å². The van der Waals surface area contributed by atoms with Crippen molar-refractivity contribution < 1.29 is 14.2 Å². The summed E-state index contributed by atoms with van der Waals surface area (Å²) < 4.78 is 17.5. The number of hydrogen-bond acceptors (Lipinski definition) is 6. The molecule has 3 rings (SSSR count). The van der Waals surface area contributed by atoms with Crippen molar-refractivity contribution in [3.05, 3.63) is 39.5 Å². The summed E-state index contributed by atoms with van der Waals surface area (Å²) in [5.74, 6) is 1.83. The van der Waals surface area contributed by atoms with Crippen LogP contribution >= 0.6 is 11.3 Å². The van der Waals surface area contributed by atoms with Gasteiger partial charge in [0.1, 0.15) is 10.7 Å². The van der Waals surface area contributed by atoms with Gasteiger partial charge in [0.15, 0.2) is 11.5 Å². The van der Waals surface area contributed by atoms with E-state index in [-0.39, 0.29) is 5.56 Å². The second-order valence-corrected chi connectivity index (χ2v) is 6.86. The maximum Gasteiger partial charge on any atom is 0.262 e. The minimum atomic E-state index is -0.0483. The first-order chi connectivity index (χ1) is 12.6. The topological polar surface area (TPSA) is 62.6 Å². The molecule has 0 unspecified atom stereocenters. The molecule has 26 heavy (non-hydrogen) atoms. The van der Waals surface area contributed by atoms with Crippen LogP contribution in [0.25, 0.3) is 21.6 Å². The summed E-state index contributed by atoms with van der Waals surface area (Å²) in [5.41, 5.74) is 0.747. The Bertz CT molecular complexity index is 978. The Hall–Kier alpha value is -2.38. The van der Waals surface area contributed by atoms with Crippen LogP contribution < -0.4 is 15.0 Å². The van der Waals surface area contributed by atoms with Gasteiger partial charge in [-0.05, 0) is 30.7 Å². The summed E-state index contributed by atoms with van der Waals surface area (Å²) in [6, 6.07) is 7.48. The first-order valence-corrected chi connectivity index (χ1v) is 9.19. The van der Waals surface area contributed by atoms with Crippen molar-refractivity contribution >= 4 is 21.6 Å². The number of nitrogens with zero attached hydrogens (tertiary/aromatic N) is 2. The van der Waals surface area contributed by atoms with Crippen molar-refractivity contribution in [2.24, 2.45) is 0 Å². The van der Waals surface area contributed by atoms with E-state index < -0.39 is 0 Å². The van der Waals surface area contributed by atoms with E-state index in [1.807, 2.05) is 24.3 Å². The molecule has 0 fully saturated rings. The Morgan fingerprint density at radius 1 is 1.12 bits per heavy atom. The largest absolute Gasteiger partial charge is 0.493 e. The zero-order valence-corrected chi connectivity index (χ0v) is 16.2. The molecule has 3 aromatic rings. The highest BCUT2D eigenvalue weighted by Gasteiger charge is 2.16. The van der Waals surface area contributed by atoms with E-state index in [4.69, 9.17) is 19.2 Å². The van der Waals surface area contributed by atoms with Gasteiger partial charge in [0, 0.05) is 17.6 Å². The van der Waals surface area contributed by atoms with Crippen molar-refractivity contribution in [2.45, 2.75) is 19.9 Å². The molecule has 0 saturated heterocycles. The maximum absolute atomic E-state index is 13.1. The molecule has 7 heteroatoms. The van der Waals surface area contributed by atoms with Gasteiger partial charge in [-0.3, -0.25) is 9.36 Å². The molecule has 0 N–H and O–H groups in total. The molecule has 6 nitrogen and oxygen atoms in total. The monoisotopic (exact) mass is 374 g/mol. The first kappa shape index (κ1) is 18.4. The number of rotatable bonds is 7. The Labute approximate surface area is 156 Å². The van der Waals surface area contributed by atoms with Gasteiger partial charge in [-0.15, -0.1) is 11.3 Å². The van der Waals surface area contributed by atoms with Crippen LogP contribution in [0, 0.1) is 0 Å². The van der Waals surface area contributed by atoms with Gasteiger partial charge in [0.2, 0.25) is 0 Å². The number of thiophene rings is 1. The summed E-state index contributed by atoms with van der Waals surface area (Å²) in [6.45, 7) is 2.93. The zero-order chi connectivity index (χ0) is 18.7. The average molecular weight is 374 g/mol. The molecule has 138 valence electrons. The van der Waals surface area contributed by atoms with Gasteiger partial charge in [0.05, 0.1) is 32.8 Å². The van der Waals surface area contributed by atoms with Gasteiger partial charge in [-0.2, -0.15) is 0 Å². The van der Waals surface area contributed by atoms with Crippen LogP contribution in [0.4, 0.5) is 0 Å². The fourth-order valence-electron chi connectivity index (χ4n) is 2.83. The van der Waals surface area contributed by atoms with Crippen LogP contribution in [-0.2, 0) is 17.7 Å². The summed E-state index contributed by atoms with van der Waals surface area (Å²) in [7, 11) is 4.80. The summed E-state index contributed by atoms with van der Waals surface area (Å²) >= 11 is 1.56. The van der Waals surface area contributed by atoms with E-state index in [1.54, 1.807) is 37.2 Å². The van der Waals surface area contributed by atoms with Crippen LogP contribution in [0.15, 0.2) is 29.1 Å². The van der Waals surface area contributed by atoms with Crippen molar-refractivity contribution in [3.63, 3.8) is 0 Å². The van der Waals surface area contributed by atoms with Crippen molar-refractivity contribution in [1.29, 1.82) is 0 Å². The number of aromatic nitrogens is 2. The predicted molar refractivity (Wildman–Crippen MR) is 104 cm³/mol. The molecular formula is C19H22N2O4S. The quantitative estimate of drug-likeness (QED) is 0.635. The standard InChI is InChI=1S/C19H22N2O4S/c1-5-13-11-14-18(26-13)20-17(21(19(14)22)8-9-23-2)12-6-7-15(24-3)16(10-12)25-4/h6-7,10-11H,5,8-9H2,1-4H3. The molecule has 2 heterocycles. The third kappa shape index (κ3) is 3.32. The number of ether oxygens (including phenoxy) is 3. The molecule has 0 aliphatic rings. The van der Waals surface area contributed by atoms with E-state index in [2.05, 4.69) is 6.92 Å². The molecular weight excluding hydrogens is 352 g/mol. The van der Waals surface area contributed by atoms with Crippen LogP contribution in [0.3, 0.4) is 0 Å². The lowest BCUT2D eigenvalue weighted by atomic mass is 10.1. The van der Waals surface area contributed by atoms with E-state index in [1.165, 1.54) is 0 Å². The van der Waals surface area contributed by atoms with Gasteiger partial charge < -0.3 is 14.2 Å². The van der Waals surface area contributed by atoms with Crippen LogP contribution in [0.1, 0.15) is 11.8 Å². The Balaban J connectivity index is 2.24. The molecule has 0 bridgehead atoms. The van der Waals surface area contributed by atoms with Gasteiger partial charge >= 0.3 is 0 Å². The lowest BCUT2D eigenvalue weighted by Gasteiger charge is -2.14. The van der Waals surface area contributed by atoms with Crippen LogP contribution in [0.2, 0.25) is 0 Å². The van der Waals surface area contributed by atoms with Crippen molar-refractivity contribution in [1.82, 2.24) is 9.55 Å². The molecule has 0 radical (unpaired) electrons. The highest BCUT2D eigenvalue weighted by atomic mass is 32.1. The van der Waals surface area contributed by atoms with Crippen molar-refractivity contribution in [3.8, 4) is 22.9 Å². The summed E-state index contributed by atoms with van der Waals surface area (Å²) in [5, 5.41) is 0.659. The molecule has 0 spiro atoms.